The van der Waals surface area contributed by atoms with E-state index in [2.05, 4.69) is 13.2 Å². The van der Waals surface area contributed by atoms with Crippen LogP contribution < -0.4 is 5.73 Å². The third-order valence-corrected chi connectivity index (χ3v) is 4.05. The van der Waals surface area contributed by atoms with Crippen molar-refractivity contribution in [3.8, 4) is 0 Å². The molecule has 0 spiro atoms. The van der Waals surface area contributed by atoms with Crippen LogP contribution in [0.25, 0.3) is 5.70 Å². The summed E-state index contributed by atoms with van der Waals surface area (Å²) in [5, 5.41) is 0. The first-order chi connectivity index (χ1) is 10.4. The first kappa shape index (κ1) is 18.0. The first-order valence-electron chi connectivity index (χ1n) is 7.69. The minimum Gasteiger partial charge on any atom is -0.398 e. The second-order valence-corrected chi connectivity index (χ2v) is 5.27. The molecule has 0 amide bonds. The Morgan fingerprint density at radius 3 is 2.32 bits per heavy atom. The van der Waals surface area contributed by atoms with Gasteiger partial charge in [0.1, 0.15) is 5.67 Å². The Morgan fingerprint density at radius 1 is 1.18 bits per heavy atom. The van der Waals surface area contributed by atoms with Gasteiger partial charge in [-0.3, -0.25) is 0 Å². The van der Waals surface area contributed by atoms with Gasteiger partial charge in [-0.25, -0.2) is 4.39 Å². The van der Waals surface area contributed by atoms with Crippen LogP contribution in [0.3, 0.4) is 0 Å². The molecule has 1 aromatic rings. The number of allylic oxidation sites excluding steroid dienone is 5. The van der Waals surface area contributed by atoms with Crippen molar-refractivity contribution in [1.82, 2.24) is 0 Å². The molecule has 2 atom stereocenters. The number of nitrogens with two attached hydrogens (primary N) is 1. The third kappa shape index (κ3) is 3.06. The number of hydrogen-bond donors (Lipinski definition) is 1. The third-order valence-electron chi connectivity index (χ3n) is 4.05. The Bertz CT molecular complexity index is 620. The van der Waals surface area contributed by atoms with E-state index in [1.165, 1.54) is 0 Å². The van der Waals surface area contributed by atoms with Crippen molar-refractivity contribution in [2.45, 2.75) is 33.4 Å². The normalized spacial score (nSPS) is 29.7. The predicted octanol–water partition coefficient (Wildman–Crippen LogP) is 5.52. The minimum absolute atomic E-state index is 0.292. The average molecular weight is 299 g/mol. The van der Waals surface area contributed by atoms with Crippen LogP contribution in [-0.4, -0.2) is 0 Å². The van der Waals surface area contributed by atoms with Crippen molar-refractivity contribution in [1.29, 1.82) is 0 Å². The predicted molar refractivity (Wildman–Crippen MR) is 95.0 cm³/mol. The van der Waals surface area contributed by atoms with Crippen LogP contribution in [0.1, 0.15) is 38.8 Å². The molecule has 2 unspecified atom stereocenters. The number of benzene rings is 1. The monoisotopic (exact) mass is 299 g/mol. The summed E-state index contributed by atoms with van der Waals surface area (Å²) in [4.78, 5) is 0. The lowest BCUT2D eigenvalue weighted by molar-refractivity contribution is 0.139. The van der Waals surface area contributed by atoms with Crippen molar-refractivity contribution in [2.24, 2.45) is 11.7 Å². The SMILES string of the molecule is C=CC1=C/C(C)C(C)(F)c2ccccc2\C(N)=C\1C=C.CC. The highest BCUT2D eigenvalue weighted by Gasteiger charge is 2.35. The summed E-state index contributed by atoms with van der Waals surface area (Å²) in [6.45, 7) is 15.1. The summed E-state index contributed by atoms with van der Waals surface area (Å²) in [6, 6.07) is 7.35. The molecule has 0 radical (unpaired) electrons. The van der Waals surface area contributed by atoms with Gasteiger partial charge in [0.2, 0.25) is 0 Å². The molecule has 1 aliphatic carbocycles. The standard InChI is InChI=1S/C18H20FN.C2H6/c1-5-13-11-12(3)18(4,19)16-10-8-7-9-15(16)17(20)14(13)6-2;1-2/h5-12H,1-2,20H2,3-4H3;1-2H3/b13-11-,17-14-;. The van der Waals surface area contributed by atoms with Gasteiger partial charge in [0.05, 0.1) is 0 Å². The Labute approximate surface area is 133 Å². The summed E-state index contributed by atoms with van der Waals surface area (Å²) in [7, 11) is 0. The van der Waals surface area contributed by atoms with Gasteiger partial charge in [0, 0.05) is 22.8 Å². The van der Waals surface area contributed by atoms with E-state index in [0.29, 0.717) is 11.3 Å². The fraction of sp³-hybridized carbons (Fsp3) is 0.300. The van der Waals surface area contributed by atoms with Crippen LogP contribution in [-0.2, 0) is 5.67 Å². The van der Waals surface area contributed by atoms with Crippen LogP contribution >= 0.6 is 0 Å². The second-order valence-electron chi connectivity index (χ2n) is 5.27. The summed E-state index contributed by atoms with van der Waals surface area (Å²) >= 11 is 0. The van der Waals surface area contributed by atoms with Crippen molar-refractivity contribution >= 4 is 5.70 Å². The molecule has 0 bridgehead atoms. The molecule has 0 saturated carbocycles. The Balaban J connectivity index is 0.00000116. The molecule has 2 N–H and O–H groups in total. The lowest BCUT2D eigenvalue weighted by Gasteiger charge is -2.31. The molecule has 0 aliphatic heterocycles. The smallest absolute Gasteiger partial charge is 0.139 e. The fourth-order valence-electron chi connectivity index (χ4n) is 2.61. The molecule has 1 nitrogen and oxygen atoms in total. The van der Waals surface area contributed by atoms with E-state index in [-0.39, 0.29) is 5.92 Å². The molecule has 1 aliphatic rings. The van der Waals surface area contributed by atoms with Gasteiger partial charge in [-0.15, -0.1) is 0 Å². The van der Waals surface area contributed by atoms with Crippen molar-refractivity contribution < 1.29 is 4.39 Å². The Hall–Kier alpha value is -2.09. The maximum absolute atomic E-state index is 15.2. The Morgan fingerprint density at radius 2 is 1.77 bits per heavy atom. The van der Waals surface area contributed by atoms with Gasteiger partial charge in [-0.1, -0.05) is 76.4 Å². The quantitative estimate of drug-likeness (QED) is 0.765. The van der Waals surface area contributed by atoms with E-state index in [1.807, 2.05) is 45.0 Å². The molecule has 0 heterocycles. The van der Waals surface area contributed by atoms with E-state index in [9.17, 15) is 0 Å². The van der Waals surface area contributed by atoms with E-state index < -0.39 is 5.67 Å². The van der Waals surface area contributed by atoms with E-state index in [1.54, 1.807) is 25.1 Å². The highest BCUT2D eigenvalue weighted by atomic mass is 19.1. The largest absolute Gasteiger partial charge is 0.398 e. The van der Waals surface area contributed by atoms with Crippen LogP contribution in [0.15, 0.2) is 66.8 Å². The summed E-state index contributed by atoms with van der Waals surface area (Å²) < 4.78 is 15.2. The van der Waals surface area contributed by atoms with Crippen LogP contribution in [0, 0.1) is 5.92 Å². The zero-order valence-electron chi connectivity index (χ0n) is 14.0. The molecule has 2 heteroatoms. The molecule has 0 saturated heterocycles. The molecule has 0 aromatic heterocycles. The zero-order chi connectivity index (χ0) is 16.9. The second kappa shape index (κ2) is 7.26. The lowest BCUT2D eigenvalue weighted by atomic mass is 9.78. The van der Waals surface area contributed by atoms with Crippen molar-refractivity contribution in [3.63, 3.8) is 0 Å². The molecule has 22 heavy (non-hydrogen) atoms. The van der Waals surface area contributed by atoms with Gasteiger partial charge in [-0.05, 0) is 18.1 Å². The summed E-state index contributed by atoms with van der Waals surface area (Å²) in [5.41, 5.74) is 8.28. The van der Waals surface area contributed by atoms with Gasteiger partial charge in [0.15, 0.2) is 0 Å². The molecule has 118 valence electrons. The van der Waals surface area contributed by atoms with Gasteiger partial charge in [-0.2, -0.15) is 0 Å². The van der Waals surface area contributed by atoms with Crippen molar-refractivity contribution in [3.05, 3.63) is 77.9 Å². The van der Waals surface area contributed by atoms with Crippen LogP contribution in [0.5, 0.6) is 0 Å². The van der Waals surface area contributed by atoms with Gasteiger partial charge in [0.25, 0.3) is 0 Å². The highest BCUT2D eigenvalue weighted by molar-refractivity contribution is 5.77. The number of hydrogen-bond acceptors (Lipinski definition) is 1. The zero-order valence-corrected chi connectivity index (χ0v) is 14.0. The minimum atomic E-state index is -1.48. The van der Waals surface area contributed by atoms with E-state index in [0.717, 1.165) is 16.7 Å². The average Bonchev–Trinajstić information content (AvgIpc) is 2.55. The first-order valence-corrected chi connectivity index (χ1v) is 7.69. The Kier molecular flexibility index (Phi) is 5.92. The van der Waals surface area contributed by atoms with Crippen LogP contribution in [0.4, 0.5) is 4.39 Å². The number of alkyl halides is 1. The van der Waals surface area contributed by atoms with Crippen LogP contribution in [0.2, 0.25) is 0 Å². The van der Waals surface area contributed by atoms with Gasteiger partial charge < -0.3 is 5.73 Å². The molecule has 0 fully saturated rings. The maximum Gasteiger partial charge on any atom is 0.139 e. The lowest BCUT2D eigenvalue weighted by Crippen LogP contribution is -2.27. The van der Waals surface area contributed by atoms with Gasteiger partial charge >= 0.3 is 0 Å². The topological polar surface area (TPSA) is 26.0 Å². The fourth-order valence-corrected chi connectivity index (χ4v) is 2.61. The summed E-state index contributed by atoms with van der Waals surface area (Å²) in [6.07, 6.45) is 5.27. The van der Waals surface area contributed by atoms with Crippen molar-refractivity contribution in [2.75, 3.05) is 0 Å². The number of rotatable bonds is 2. The summed E-state index contributed by atoms with van der Waals surface area (Å²) in [5.74, 6) is -0.292. The molecule has 2 rings (SSSR count). The number of halogens is 1. The van der Waals surface area contributed by atoms with E-state index >= 15 is 4.39 Å². The molecular formula is C20H26FN. The molecule has 1 aromatic carbocycles. The maximum atomic E-state index is 15.2. The van der Waals surface area contributed by atoms with E-state index in [4.69, 9.17) is 5.73 Å². The number of fused-ring (bicyclic) bond motifs is 1. The highest BCUT2D eigenvalue weighted by Crippen LogP contribution is 2.41. The molecular weight excluding hydrogens is 273 g/mol.